The molecule has 6 nitrogen and oxygen atoms in total. The minimum absolute atomic E-state index is 0.222. The van der Waals surface area contributed by atoms with Crippen LogP contribution in [-0.4, -0.2) is 34.5 Å². The third-order valence-corrected chi connectivity index (χ3v) is 5.85. The predicted octanol–water partition coefficient (Wildman–Crippen LogP) is 2.10. The number of aromatic nitrogens is 3. The molecule has 0 N–H and O–H groups in total. The van der Waals surface area contributed by atoms with Crippen molar-refractivity contribution in [2.75, 3.05) is 7.05 Å². The summed E-state index contributed by atoms with van der Waals surface area (Å²) in [7, 11) is -0.229. The Morgan fingerprint density at radius 2 is 1.96 bits per heavy atom. The lowest BCUT2D eigenvalue weighted by Gasteiger charge is -2.18. The summed E-state index contributed by atoms with van der Waals surface area (Å²) in [4.78, 5) is 4.46. The summed E-state index contributed by atoms with van der Waals surface area (Å²) in [6.45, 7) is 2.19. The quantitative estimate of drug-likeness (QED) is 0.735. The van der Waals surface area contributed by atoms with E-state index < -0.39 is 10.0 Å². The minimum Gasteiger partial charge on any atom is -0.273 e. The van der Waals surface area contributed by atoms with E-state index in [2.05, 4.69) is 10.1 Å². The van der Waals surface area contributed by atoms with E-state index in [-0.39, 0.29) is 11.4 Å². The van der Waals surface area contributed by atoms with Gasteiger partial charge in [-0.1, -0.05) is 18.2 Å². The molecule has 0 aliphatic heterocycles. The summed E-state index contributed by atoms with van der Waals surface area (Å²) in [6.07, 6.45) is 3.30. The van der Waals surface area contributed by atoms with Crippen LogP contribution in [0.15, 0.2) is 47.6 Å². The number of sulfonamides is 1. The fraction of sp³-hybridized carbons (Fsp3) is 0.250. The Kier molecular flexibility index (Phi) is 3.91. The van der Waals surface area contributed by atoms with E-state index in [1.165, 1.54) is 4.31 Å². The molecule has 0 bridgehead atoms. The van der Waals surface area contributed by atoms with Crippen molar-refractivity contribution >= 4 is 20.9 Å². The van der Waals surface area contributed by atoms with Crippen molar-refractivity contribution in [2.45, 2.75) is 18.4 Å². The molecular weight excluding hydrogens is 312 g/mol. The van der Waals surface area contributed by atoms with Crippen molar-refractivity contribution in [3.8, 4) is 0 Å². The molecule has 2 heterocycles. The highest BCUT2D eigenvalue weighted by Gasteiger charge is 2.24. The molecule has 0 saturated heterocycles. The van der Waals surface area contributed by atoms with Crippen molar-refractivity contribution in [2.24, 2.45) is 7.05 Å². The summed E-state index contributed by atoms with van der Waals surface area (Å²) >= 11 is 0. The summed E-state index contributed by atoms with van der Waals surface area (Å²) in [5.74, 6) is 0. The number of hydrogen-bond donors (Lipinski definition) is 0. The lowest BCUT2D eigenvalue weighted by Crippen LogP contribution is -2.27. The van der Waals surface area contributed by atoms with Gasteiger partial charge in [0.15, 0.2) is 0 Å². The number of benzene rings is 1. The van der Waals surface area contributed by atoms with Crippen LogP contribution in [0.5, 0.6) is 0 Å². The molecule has 2 aromatic heterocycles. The van der Waals surface area contributed by atoms with Crippen molar-refractivity contribution in [3.63, 3.8) is 0 Å². The fourth-order valence-electron chi connectivity index (χ4n) is 2.48. The monoisotopic (exact) mass is 330 g/mol. The Hall–Kier alpha value is -2.25. The molecule has 0 fully saturated rings. The first-order valence-corrected chi connectivity index (χ1v) is 8.63. The van der Waals surface area contributed by atoms with E-state index in [9.17, 15) is 8.42 Å². The first kappa shape index (κ1) is 15.6. The van der Waals surface area contributed by atoms with Crippen molar-refractivity contribution in [1.82, 2.24) is 19.1 Å². The zero-order valence-corrected chi connectivity index (χ0v) is 14.1. The van der Waals surface area contributed by atoms with E-state index >= 15 is 0 Å². The van der Waals surface area contributed by atoms with Gasteiger partial charge in [-0.3, -0.25) is 9.67 Å². The molecule has 0 aliphatic carbocycles. The molecule has 120 valence electrons. The number of rotatable bonds is 4. The second-order valence-corrected chi connectivity index (χ2v) is 7.48. The zero-order chi connectivity index (χ0) is 16.6. The van der Waals surface area contributed by atoms with Gasteiger partial charge in [0.05, 0.1) is 11.7 Å². The molecule has 23 heavy (non-hydrogen) atoms. The van der Waals surface area contributed by atoms with E-state index in [1.54, 1.807) is 42.3 Å². The first-order chi connectivity index (χ1) is 10.9. The SMILES string of the molecule is Cc1c(CN(C)S(=O)(=O)c2cccc3cccnc23)cnn1C. The molecule has 0 spiro atoms. The number of para-hydroxylation sites is 1. The van der Waals surface area contributed by atoms with Crippen molar-refractivity contribution < 1.29 is 8.42 Å². The third-order valence-electron chi connectivity index (χ3n) is 4.01. The number of hydrogen-bond acceptors (Lipinski definition) is 4. The molecule has 0 radical (unpaired) electrons. The maximum Gasteiger partial charge on any atom is 0.245 e. The van der Waals surface area contributed by atoms with Crippen molar-refractivity contribution in [3.05, 3.63) is 54.0 Å². The maximum atomic E-state index is 12.9. The molecule has 0 aliphatic rings. The van der Waals surface area contributed by atoms with Crippen LogP contribution in [-0.2, 0) is 23.6 Å². The Labute approximate surface area is 135 Å². The second kappa shape index (κ2) is 5.75. The minimum atomic E-state index is -3.64. The largest absolute Gasteiger partial charge is 0.273 e. The lowest BCUT2D eigenvalue weighted by molar-refractivity contribution is 0.466. The number of aryl methyl sites for hydroxylation is 1. The Morgan fingerprint density at radius 3 is 2.65 bits per heavy atom. The summed E-state index contributed by atoms with van der Waals surface area (Å²) < 4.78 is 28.9. The molecule has 0 unspecified atom stereocenters. The number of nitrogens with zero attached hydrogens (tertiary/aromatic N) is 4. The highest BCUT2D eigenvalue weighted by Crippen LogP contribution is 2.24. The van der Waals surface area contributed by atoms with Gasteiger partial charge in [0.1, 0.15) is 4.90 Å². The van der Waals surface area contributed by atoms with Gasteiger partial charge in [0.2, 0.25) is 10.0 Å². The fourth-order valence-corrected chi connectivity index (χ4v) is 3.79. The molecule has 3 aromatic rings. The standard InChI is InChI=1S/C16H18N4O2S/c1-12-14(10-18-20(12)3)11-19(2)23(21,22)15-8-4-6-13-7-5-9-17-16(13)15/h4-10H,11H2,1-3H3. The van der Waals surface area contributed by atoms with Crippen LogP contribution >= 0.6 is 0 Å². The Morgan fingerprint density at radius 1 is 1.22 bits per heavy atom. The molecule has 0 atom stereocenters. The van der Waals surface area contributed by atoms with Gasteiger partial charge in [-0.15, -0.1) is 0 Å². The van der Waals surface area contributed by atoms with Gasteiger partial charge in [-0.25, -0.2) is 8.42 Å². The Bertz CT molecular complexity index is 958. The lowest BCUT2D eigenvalue weighted by atomic mass is 10.2. The smallest absolute Gasteiger partial charge is 0.245 e. The van der Waals surface area contributed by atoms with Crippen LogP contribution in [0, 0.1) is 6.92 Å². The Balaban J connectivity index is 2.01. The number of fused-ring (bicyclic) bond motifs is 1. The van der Waals surface area contributed by atoms with Gasteiger partial charge in [0.25, 0.3) is 0 Å². The highest BCUT2D eigenvalue weighted by molar-refractivity contribution is 7.89. The summed E-state index contributed by atoms with van der Waals surface area (Å²) in [6, 6.07) is 8.83. The first-order valence-electron chi connectivity index (χ1n) is 7.19. The van der Waals surface area contributed by atoms with E-state index in [0.29, 0.717) is 5.52 Å². The van der Waals surface area contributed by atoms with E-state index in [1.807, 2.05) is 26.1 Å². The average Bonchev–Trinajstić information content (AvgIpc) is 2.86. The van der Waals surface area contributed by atoms with Crippen molar-refractivity contribution in [1.29, 1.82) is 0 Å². The molecule has 0 saturated carbocycles. The van der Waals surface area contributed by atoms with Gasteiger partial charge >= 0.3 is 0 Å². The molecule has 7 heteroatoms. The topological polar surface area (TPSA) is 68.1 Å². The van der Waals surface area contributed by atoms with Gasteiger partial charge in [-0.05, 0) is 19.1 Å². The van der Waals surface area contributed by atoms with E-state index in [4.69, 9.17) is 0 Å². The average molecular weight is 330 g/mol. The van der Waals surface area contributed by atoms with Crippen LogP contribution in [0.25, 0.3) is 10.9 Å². The second-order valence-electron chi connectivity index (χ2n) is 5.47. The van der Waals surface area contributed by atoms with Crippen LogP contribution in [0.3, 0.4) is 0 Å². The van der Waals surface area contributed by atoms with E-state index in [0.717, 1.165) is 16.6 Å². The van der Waals surface area contributed by atoms with Gasteiger partial charge in [-0.2, -0.15) is 9.40 Å². The van der Waals surface area contributed by atoms with Crippen LogP contribution < -0.4 is 0 Å². The summed E-state index contributed by atoms with van der Waals surface area (Å²) in [5.41, 5.74) is 2.32. The van der Waals surface area contributed by atoms with Crippen LogP contribution in [0.4, 0.5) is 0 Å². The zero-order valence-electron chi connectivity index (χ0n) is 13.3. The maximum absolute atomic E-state index is 12.9. The summed E-state index contributed by atoms with van der Waals surface area (Å²) in [5, 5.41) is 4.96. The molecule has 1 aromatic carbocycles. The van der Waals surface area contributed by atoms with Crippen LogP contribution in [0.1, 0.15) is 11.3 Å². The highest BCUT2D eigenvalue weighted by atomic mass is 32.2. The molecule has 3 rings (SSSR count). The van der Waals surface area contributed by atoms with Gasteiger partial charge < -0.3 is 0 Å². The predicted molar refractivity (Wildman–Crippen MR) is 88.3 cm³/mol. The normalized spacial score (nSPS) is 12.2. The molecule has 0 amide bonds. The third kappa shape index (κ3) is 2.73. The number of pyridine rings is 1. The van der Waals surface area contributed by atoms with Crippen LogP contribution in [0.2, 0.25) is 0 Å². The van der Waals surface area contributed by atoms with Gasteiger partial charge in [0, 0.05) is 43.5 Å². The molecular formula is C16H18N4O2S.